The van der Waals surface area contributed by atoms with Crippen LogP contribution in [0.2, 0.25) is 0 Å². The van der Waals surface area contributed by atoms with E-state index in [4.69, 9.17) is 17.3 Å². The molecular formula is C11H12ClN3O3. The summed E-state index contributed by atoms with van der Waals surface area (Å²) in [6.45, 7) is 0.410. The Morgan fingerprint density at radius 3 is 2.83 bits per heavy atom. The molecule has 0 aromatic heterocycles. The number of nitro benzene ring substituents is 1. The van der Waals surface area contributed by atoms with Gasteiger partial charge in [0.05, 0.1) is 4.92 Å². The number of alkyl halides is 1. The van der Waals surface area contributed by atoms with E-state index in [0.29, 0.717) is 24.5 Å². The quantitative estimate of drug-likeness (QED) is 0.392. The molecule has 1 unspecified atom stereocenters. The van der Waals surface area contributed by atoms with E-state index in [-0.39, 0.29) is 23.2 Å². The lowest BCUT2D eigenvalue weighted by Gasteiger charge is -2.16. The minimum Gasteiger partial charge on any atom is -0.399 e. The fourth-order valence-corrected chi connectivity index (χ4v) is 2.24. The molecule has 0 radical (unpaired) electrons. The van der Waals surface area contributed by atoms with Gasteiger partial charge in [0.25, 0.3) is 5.69 Å². The SMILES string of the molecule is Nc1ccc(N2CC(CCl)CC2=O)c([N+](=O)[O-])c1. The van der Waals surface area contributed by atoms with E-state index in [0.717, 1.165) is 0 Å². The molecule has 6 nitrogen and oxygen atoms in total. The maximum absolute atomic E-state index is 11.8. The van der Waals surface area contributed by atoms with Gasteiger partial charge in [-0.15, -0.1) is 11.6 Å². The van der Waals surface area contributed by atoms with E-state index in [9.17, 15) is 14.9 Å². The lowest BCUT2D eigenvalue weighted by Crippen LogP contribution is -2.25. The van der Waals surface area contributed by atoms with Gasteiger partial charge >= 0.3 is 0 Å². The summed E-state index contributed by atoms with van der Waals surface area (Å²) in [5.74, 6) is 0.259. The maximum atomic E-state index is 11.8. The largest absolute Gasteiger partial charge is 0.399 e. The Kier molecular flexibility index (Phi) is 3.38. The second-order valence-corrected chi connectivity index (χ2v) is 4.54. The van der Waals surface area contributed by atoms with Crippen LogP contribution in [0.15, 0.2) is 18.2 Å². The number of carbonyl (C=O) groups is 1. The highest BCUT2D eigenvalue weighted by Gasteiger charge is 2.33. The molecule has 1 atom stereocenters. The molecule has 18 heavy (non-hydrogen) atoms. The molecule has 1 saturated heterocycles. The molecule has 2 rings (SSSR count). The molecule has 1 aromatic rings. The predicted octanol–water partition coefficient (Wildman–Crippen LogP) is 1.77. The number of halogens is 1. The van der Waals surface area contributed by atoms with Crippen molar-refractivity contribution in [3.8, 4) is 0 Å². The van der Waals surface area contributed by atoms with Gasteiger partial charge in [0.1, 0.15) is 5.69 Å². The number of hydrogen-bond donors (Lipinski definition) is 1. The maximum Gasteiger partial charge on any atom is 0.295 e. The zero-order valence-electron chi connectivity index (χ0n) is 9.51. The van der Waals surface area contributed by atoms with E-state index >= 15 is 0 Å². The first-order valence-corrected chi connectivity index (χ1v) is 5.96. The molecule has 2 N–H and O–H groups in total. The van der Waals surface area contributed by atoms with E-state index in [1.165, 1.54) is 17.0 Å². The van der Waals surface area contributed by atoms with Crippen LogP contribution in [0.1, 0.15) is 6.42 Å². The minimum absolute atomic E-state index is 0.0383. The molecule has 0 bridgehead atoms. The number of nitrogen functional groups attached to an aromatic ring is 1. The molecule has 1 amide bonds. The lowest BCUT2D eigenvalue weighted by molar-refractivity contribution is -0.384. The Bertz CT molecular complexity index is 506. The van der Waals surface area contributed by atoms with Crippen LogP contribution in [0.25, 0.3) is 0 Å². The highest BCUT2D eigenvalue weighted by molar-refractivity contribution is 6.18. The Labute approximate surface area is 108 Å². The van der Waals surface area contributed by atoms with Crippen LogP contribution in [0.3, 0.4) is 0 Å². The number of nitrogens with zero attached hydrogens (tertiary/aromatic N) is 2. The zero-order chi connectivity index (χ0) is 13.3. The normalized spacial score (nSPS) is 19.3. The molecule has 0 spiro atoms. The number of nitrogens with two attached hydrogens (primary N) is 1. The highest BCUT2D eigenvalue weighted by Crippen LogP contribution is 2.34. The molecule has 1 aliphatic rings. The fraction of sp³-hybridized carbons (Fsp3) is 0.364. The van der Waals surface area contributed by atoms with Crippen LogP contribution in [0.4, 0.5) is 17.1 Å². The smallest absolute Gasteiger partial charge is 0.295 e. The molecule has 7 heteroatoms. The van der Waals surface area contributed by atoms with Gasteiger partial charge in [-0.2, -0.15) is 0 Å². The standard InChI is InChI=1S/C11H12ClN3O3/c12-5-7-3-11(16)14(6-7)9-2-1-8(13)4-10(9)15(17)18/h1-2,4,7H,3,5-6,13H2. The number of carbonyl (C=O) groups excluding carboxylic acids is 1. The van der Waals surface area contributed by atoms with Crippen molar-refractivity contribution in [3.05, 3.63) is 28.3 Å². The van der Waals surface area contributed by atoms with Crippen molar-refractivity contribution >= 4 is 34.6 Å². The number of rotatable bonds is 3. The average Bonchev–Trinajstić information content (AvgIpc) is 2.70. The van der Waals surface area contributed by atoms with E-state index in [1.54, 1.807) is 6.07 Å². The van der Waals surface area contributed by atoms with E-state index in [2.05, 4.69) is 0 Å². The van der Waals surface area contributed by atoms with Gasteiger partial charge in [-0.1, -0.05) is 0 Å². The van der Waals surface area contributed by atoms with Crippen LogP contribution in [-0.4, -0.2) is 23.3 Å². The number of amides is 1. The molecule has 0 saturated carbocycles. The summed E-state index contributed by atoms with van der Waals surface area (Å²) < 4.78 is 0. The van der Waals surface area contributed by atoms with Crippen LogP contribution in [0, 0.1) is 16.0 Å². The third kappa shape index (κ3) is 2.24. The average molecular weight is 270 g/mol. The summed E-state index contributed by atoms with van der Waals surface area (Å²) in [7, 11) is 0. The van der Waals surface area contributed by atoms with Gasteiger partial charge in [0.15, 0.2) is 0 Å². The Morgan fingerprint density at radius 2 is 2.28 bits per heavy atom. The summed E-state index contributed by atoms with van der Waals surface area (Å²) >= 11 is 5.72. The van der Waals surface area contributed by atoms with E-state index in [1.807, 2.05) is 0 Å². The van der Waals surface area contributed by atoms with Gasteiger partial charge in [0, 0.05) is 30.6 Å². The van der Waals surface area contributed by atoms with Gasteiger partial charge < -0.3 is 10.6 Å². The Balaban J connectivity index is 2.39. The third-order valence-corrected chi connectivity index (χ3v) is 3.35. The monoisotopic (exact) mass is 269 g/mol. The van der Waals surface area contributed by atoms with Crippen LogP contribution < -0.4 is 10.6 Å². The molecule has 1 aromatic carbocycles. The zero-order valence-corrected chi connectivity index (χ0v) is 10.3. The first-order chi connectivity index (χ1) is 8.52. The Hall–Kier alpha value is -1.82. The number of hydrogen-bond acceptors (Lipinski definition) is 4. The van der Waals surface area contributed by atoms with Crippen LogP contribution in [0.5, 0.6) is 0 Å². The first kappa shape index (κ1) is 12.6. The summed E-state index contributed by atoms with van der Waals surface area (Å²) in [5.41, 5.74) is 5.95. The number of nitro groups is 1. The van der Waals surface area contributed by atoms with Crippen LogP contribution in [-0.2, 0) is 4.79 Å². The highest BCUT2D eigenvalue weighted by atomic mass is 35.5. The predicted molar refractivity (Wildman–Crippen MR) is 68.7 cm³/mol. The summed E-state index contributed by atoms with van der Waals surface area (Å²) in [6.07, 6.45) is 0.324. The van der Waals surface area contributed by atoms with Gasteiger partial charge in [-0.25, -0.2) is 0 Å². The van der Waals surface area contributed by atoms with E-state index < -0.39 is 4.92 Å². The minimum atomic E-state index is -0.535. The number of benzene rings is 1. The molecule has 96 valence electrons. The second kappa shape index (κ2) is 4.81. The summed E-state index contributed by atoms with van der Waals surface area (Å²) in [6, 6.07) is 4.31. The lowest BCUT2D eigenvalue weighted by atomic mass is 10.1. The van der Waals surface area contributed by atoms with Crippen molar-refractivity contribution in [2.24, 2.45) is 5.92 Å². The Morgan fingerprint density at radius 1 is 1.56 bits per heavy atom. The number of anilines is 2. The second-order valence-electron chi connectivity index (χ2n) is 4.23. The van der Waals surface area contributed by atoms with Crippen molar-refractivity contribution in [1.82, 2.24) is 0 Å². The summed E-state index contributed by atoms with van der Waals surface area (Å²) in [5, 5.41) is 11.0. The topological polar surface area (TPSA) is 89.5 Å². The molecule has 1 heterocycles. The van der Waals surface area contributed by atoms with Crippen molar-refractivity contribution < 1.29 is 9.72 Å². The van der Waals surface area contributed by atoms with Gasteiger partial charge in [-0.3, -0.25) is 14.9 Å². The van der Waals surface area contributed by atoms with Gasteiger partial charge in [-0.05, 0) is 18.1 Å². The molecule has 0 aliphatic carbocycles. The van der Waals surface area contributed by atoms with Crippen molar-refractivity contribution in [2.45, 2.75) is 6.42 Å². The van der Waals surface area contributed by atoms with Crippen molar-refractivity contribution in [2.75, 3.05) is 23.1 Å². The van der Waals surface area contributed by atoms with Crippen molar-refractivity contribution in [3.63, 3.8) is 0 Å². The molecular weight excluding hydrogens is 258 g/mol. The van der Waals surface area contributed by atoms with Crippen LogP contribution >= 0.6 is 11.6 Å². The molecule has 1 fully saturated rings. The summed E-state index contributed by atoms with van der Waals surface area (Å²) in [4.78, 5) is 23.7. The van der Waals surface area contributed by atoms with Crippen molar-refractivity contribution in [1.29, 1.82) is 0 Å². The first-order valence-electron chi connectivity index (χ1n) is 5.43. The van der Waals surface area contributed by atoms with Gasteiger partial charge in [0.2, 0.25) is 5.91 Å². The third-order valence-electron chi connectivity index (χ3n) is 2.91. The molecule has 1 aliphatic heterocycles. The fourth-order valence-electron chi connectivity index (χ4n) is 2.03.